The van der Waals surface area contributed by atoms with E-state index in [0.29, 0.717) is 11.1 Å². The smallest absolute Gasteiger partial charge is 0.338 e. The zero-order chi connectivity index (χ0) is 29.5. The number of aliphatic hydroxyl groups is 4. The van der Waals surface area contributed by atoms with Crippen molar-refractivity contribution in [3.8, 4) is 0 Å². The van der Waals surface area contributed by atoms with Gasteiger partial charge in [0.15, 0.2) is 18.4 Å². The largest absolute Gasteiger partial charge is 0.461 e. The SMILES string of the molecule is C[C@@]12C[C@]3(O)O[C@H](O1)[C@@]1(COC(=O)c4ccccc4)[C@@H]3C[C@@]12O[C@@H]1O[C@H](COC(=O)c2ccccc2)[C@@H](O)[C@H](O)[C@H]1O. The highest BCUT2D eigenvalue weighted by Gasteiger charge is 2.94. The molecule has 4 N–H and O–H groups in total. The molecule has 6 bridgehead atoms. The first-order valence-electron chi connectivity index (χ1n) is 13.9. The molecule has 12 heteroatoms. The first kappa shape index (κ1) is 27.9. The zero-order valence-electron chi connectivity index (χ0n) is 22.7. The second-order valence-electron chi connectivity index (χ2n) is 12.0. The molecule has 9 rings (SSSR count). The minimum atomic E-state index is -1.69. The van der Waals surface area contributed by atoms with Crippen LogP contribution in [0.3, 0.4) is 0 Å². The average Bonchev–Trinajstić information content (AvgIpc) is 3.18. The van der Waals surface area contributed by atoms with E-state index in [1.807, 2.05) is 0 Å². The molecule has 2 aromatic rings. The first-order valence-corrected chi connectivity index (χ1v) is 13.9. The summed E-state index contributed by atoms with van der Waals surface area (Å²) in [7, 11) is 0. The summed E-state index contributed by atoms with van der Waals surface area (Å²) in [5.74, 6) is -3.25. The number of benzene rings is 2. The van der Waals surface area contributed by atoms with Crippen LogP contribution in [0.5, 0.6) is 0 Å². The van der Waals surface area contributed by atoms with Gasteiger partial charge in [0.2, 0.25) is 0 Å². The van der Waals surface area contributed by atoms with Crippen molar-refractivity contribution in [2.45, 2.75) is 73.8 Å². The molecule has 7 aliphatic rings. The summed E-state index contributed by atoms with van der Waals surface area (Å²) < 4.78 is 35.7. The van der Waals surface area contributed by atoms with Crippen LogP contribution in [0.1, 0.15) is 40.5 Å². The van der Waals surface area contributed by atoms with E-state index < -0.39 is 83.9 Å². The number of hydrogen-bond donors (Lipinski definition) is 4. The summed E-state index contributed by atoms with van der Waals surface area (Å²) in [6.45, 7) is 1.12. The van der Waals surface area contributed by atoms with Crippen LogP contribution in [0.2, 0.25) is 0 Å². The van der Waals surface area contributed by atoms with Crippen molar-refractivity contribution in [3.05, 3.63) is 71.8 Å². The molecule has 7 fully saturated rings. The highest BCUT2D eigenvalue weighted by Crippen LogP contribution is 2.81. The lowest BCUT2D eigenvalue weighted by Crippen LogP contribution is -2.80. The standard InChI is InChI=1S/C30H32O12/c1-27-14-29(36)19-12-30(27,28(19,26(41-27)42-29)15-38-24(35)17-10-6-3-7-11-17)40-25-22(33)21(32)20(31)18(39-25)13-37-23(34)16-8-4-2-5-9-16/h2-11,18-22,25-26,31-33,36H,12-15H2,1H3/t18-,19+,20-,21+,22-,25+,26+,27+,28-,29+,30+/m1/s1. The number of esters is 2. The Bertz CT molecular complexity index is 1370. The van der Waals surface area contributed by atoms with Crippen molar-refractivity contribution >= 4 is 11.9 Å². The van der Waals surface area contributed by atoms with Crippen LogP contribution in [0.4, 0.5) is 0 Å². The average molecular weight is 585 g/mol. The molecule has 42 heavy (non-hydrogen) atoms. The zero-order valence-corrected chi connectivity index (χ0v) is 22.7. The van der Waals surface area contributed by atoms with Gasteiger partial charge in [-0.15, -0.1) is 0 Å². The molecule has 0 radical (unpaired) electrons. The number of hydrogen-bond acceptors (Lipinski definition) is 12. The Morgan fingerprint density at radius 2 is 1.50 bits per heavy atom. The summed E-state index contributed by atoms with van der Waals surface area (Å²) in [6, 6.07) is 16.7. The highest BCUT2D eigenvalue weighted by molar-refractivity contribution is 5.89. The van der Waals surface area contributed by atoms with E-state index in [9.17, 15) is 30.0 Å². The molecule has 4 saturated heterocycles. The lowest BCUT2D eigenvalue weighted by atomic mass is 9.41. The van der Waals surface area contributed by atoms with Gasteiger partial charge in [0, 0.05) is 12.3 Å². The van der Waals surface area contributed by atoms with Crippen molar-refractivity contribution in [1.82, 2.24) is 0 Å². The van der Waals surface area contributed by atoms with Gasteiger partial charge >= 0.3 is 11.9 Å². The Hall–Kier alpha value is -2.94. The van der Waals surface area contributed by atoms with E-state index in [1.54, 1.807) is 67.6 Å². The molecular formula is C30H32O12. The van der Waals surface area contributed by atoms with E-state index in [4.69, 9.17) is 28.4 Å². The Labute approximate surface area is 240 Å². The topological polar surface area (TPSA) is 170 Å². The van der Waals surface area contributed by atoms with Crippen molar-refractivity contribution in [1.29, 1.82) is 0 Å². The van der Waals surface area contributed by atoms with Gasteiger partial charge in [0.05, 0.1) is 16.5 Å². The Morgan fingerprint density at radius 1 is 0.881 bits per heavy atom. The summed E-state index contributed by atoms with van der Waals surface area (Å²) in [5, 5.41) is 43.6. The summed E-state index contributed by atoms with van der Waals surface area (Å²) >= 11 is 0. The number of carbonyl (C=O) groups excluding carboxylic acids is 2. The van der Waals surface area contributed by atoms with E-state index in [1.165, 1.54) is 0 Å². The van der Waals surface area contributed by atoms with Crippen LogP contribution in [0.25, 0.3) is 0 Å². The maximum Gasteiger partial charge on any atom is 0.338 e. The van der Waals surface area contributed by atoms with Gasteiger partial charge < -0.3 is 48.8 Å². The molecule has 0 spiro atoms. The van der Waals surface area contributed by atoms with Crippen molar-refractivity contribution in [3.63, 3.8) is 0 Å². The Kier molecular flexibility index (Phi) is 6.32. The molecule has 0 aromatic heterocycles. The minimum absolute atomic E-state index is 0.0572. The quantitative estimate of drug-likeness (QED) is 0.318. The van der Waals surface area contributed by atoms with Crippen LogP contribution in [-0.2, 0) is 28.4 Å². The third kappa shape index (κ3) is 3.70. The number of ether oxygens (including phenoxy) is 6. The van der Waals surface area contributed by atoms with Gasteiger partial charge in [-0.25, -0.2) is 9.59 Å². The van der Waals surface area contributed by atoms with Gasteiger partial charge in [0.25, 0.3) is 0 Å². The number of aliphatic hydroxyl groups excluding tert-OH is 3. The fourth-order valence-corrected chi connectivity index (χ4v) is 7.68. The molecule has 4 heterocycles. The number of rotatable bonds is 8. The van der Waals surface area contributed by atoms with Crippen LogP contribution in [-0.4, -0.2) is 99.6 Å². The van der Waals surface area contributed by atoms with Crippen LogP contribution < -0.4 is 0 Å². The van der Waals surface area contributed by atoms with Crippen LogP contribution in [0.15, 0.2) is 60.7 Å². The molecule has 11 atom stereocenters. The predicted octanol–water partition coefficient (Wildman–Crippen LogP) is 0.507. The second kappa shape index (κ2) is 9.53. The van der Waals surface area contributed by atoms with E-state index >= 15 is 0 Å². The van der Waals surface area contributed by atoms with E-state index in [2.05, 4.69) is 0 Å². The molecule has 4 aliphatic heterocycles. The van der Waals surface area contributed by atoms with Gasteiger partial charge in [0.1, 0.15) is 48.8 Å². The molecule has 224 valence electrons. The van der Waals surface area contributed by atoms with Gasteiger partial charge in [-0.1, -0.05) is 36.4 Å². The second-order valence-corrected chi connectivity index (χ2v) is 12.0. The van der Waals surface area contributed by atoms with Gasteiger partial charge in [-0.3, -0.25) is 0 Å². The maximum absolute atomic E-state index is 12.9. The molecule has 0 unspecified atom stereocenters. The predicted molar refractivity (Wildman–Crippen MR) is 138 cm³/mol. The summed E-state index contributed by atoms with van der Waals surface area (Å²) in [6.07, 6.45) is -8.34. The van der Waals surface area contributed by atoms with E-state index in [0.717, 1.165) is 0 Å². The summed E-state index contributed by atoms with van der Waals surface area (Å²) in [5.41, 5.74) is -2.88. The minimum Gasteiger partial charge on any atom is -0.461 e. The number of carbonyl (C=O) groups is 2. The molecule has 2 aromatic carbocycles. The van der Waals surface area contributed by atoms with Crippen molar-refractivity contribution in [2.24, 2.45) is 11.3 Å². The van der Waals surface area contributed by atoms with Gasteiger partial charge in [-0.05, 0) is 37.6 Å². The third-order valence-corrected chi connectivity index (χ3v) is 9.78. The lowest BCUT2D eigenvalue weighted by Gasteiger charge is -2.67. The fourth-order valence-electron chi connectivity index (χ4n) is 7.68. The molecular weight excluding hydrogens is 552 g/mol. The van der Waals surface area contributed by atoms with E-state index in [-0.39, 0.29) is 19.4 Å². The maximum atomic E-state index is 12.9. The summed E-state index contributed by atoms with van der Waals surface area (Å²) in [4.78, 5) is 25.4. The normalized spacial score (nSPS) is 44.5. The molecule has 3 saturated carbocycles. The van der Waals surface area contributed by atoms with Crippen LogP contribution in [0, 0.1) is 11.3 Å². The molecule has 0 amide bonds. The van der Waals surface area contributed by atoms with Crippen LogP contribution >= 0.6 is 0 Å². The fraction of sp³-hybridized carbons (Fsp3) is 0.533. The Morgan fingerprint density at radius 3 is 2.14 bits per heavy atom. The monoisotopic (exact) mass is 584 g/mol. The van der Waals surface area contributed by atoms with Crippen molar-refractivity contribution < 1.29 is 58.4 Å². The first-order chi connectivity index (χ1) is 20.0. The van der Waals surface area contributed by atoms with Gasteiger partial charge in [-0.2, -0.15) is 0 Å². The molecule has 3 aliphatic carbocycles. The lowest BCUT2D eigenvalue weighted by molar-refractivity contribution is -0.424. The van der Waals surface area contributed by atoms with Crippen molar-refractivity contribution in [2.75, 3.05) is 13.2 Å². The third-order valence-electron chi connectivity index (χ3n) is 9.78. The Balaban J connectivity index is 1.13. The highest BCUT2D eigenvalue weighted by atomic mass is 16.8. The molecule has 12 nitrogen and oxygen atoms in total.